The van der Waals surface area contributed by atoms with Crippen molar-refractivity contribution in [1.82, 2.24) is 10.2 Å². The number of fused-ring (bicyclic) bond motifs is 1. The zero-order valence-corrected chi connectivity index (χ0v) is 14.4. The van der Waals surface area contributed by atoms with Crippen LogP contribution >= 0.6 is 12.4 Å². The van der Waals surface area contributed by atoms with Gasteiger partial charge in [0, 0.05) is 12.1 Å². The third-order valence-electron chi connectivity index (χ3n) is 4.56. The number of hydrogen-bond acceptors (Lipinski definition) is 4. The first-order valence-corrected chi connectivity index (χ1v) is 7.97. The van der Waals surface area contributed by atoms with Crippen LogP contribution in [0.4, 0.5) is 0 Å². The molecule has 0 saturated heterocycles. The second-order valence-electron chi connectivity index (χ2n) is 6.42. The van der Waals surface area contributed by atoms with Gasteiger partial charge in [-0.2, -0.15) is 0 Å². The number of nitrogens with two attached hydrogens (primary N) is 1. The molecule has 0 spiro atoms. The second kappa shape index (κ2) is 7.32. The zero-order chi connectivity index (χ0) is 16.6. The fraction of sp³-hybridized carbons (Fsp3) is 0.471. The first kappa shape index (κ1) is 18.4. The molecule has 1 heterocycles. The van der Waals surface area contributed by atoms with Gasteiger partial charge < -0.3 is 11.1 Å². The number of hydrogen-bond donors (Lipinski definition) is 2. The average molecular weight is 352 g/mol. The maximum atomic E-state index is 12.3. The molecule has 1 fully saturated rings. The van der Waals surface area contributed by atoms with Crippen molar-refractivity contribution in [1.29, 1.82) is 0 Å². The maximum Gasteiger partial charge on any atom is 0.262 e. The Hall–Kier alpha value is -1.92. The van der Waals surface area contributed by atoms with E-state index in [2.05, 4.69) is 5.32 Å². The van der Waals surface area contributed by atoms with Crippen molar-refractivity contribution in [2.24, 2.45) is 5.73 Å². The van der Waals surface area contributed by atoms with Crippen molar-refractivity contribution in [2.75, 3.05) is 6.54 Å². The Balaban J connectivity index is 0.00000208. The molecular weight excluding hydrogens is 330 g/mol. The van der Waals surface area contributed by atoms with Crippen LogP contribution < -0.4 is 11.1 Å². The summed E-state index contributed by atoms with van der Waals surface area (Å²) in [6, 6.07) is 5.42. The number of nitrogens with zero attached hydrogens (tertiary/aromatic N) is 1. The molecule has 3 amide bonds. The summed E-state index contributed by atoms with van der Waals surface area (Å²) in [6.07, 6.45) is 3.46. The molecule has 0 radical (unpaired) electrons. The molecule has 3 N–H and O–H groups in total. The van der Waals surface area contributed by atoms with Gasteiger partial charge in [-0.3, -0.25) is 19.3 Å². The molecule has 1 saturated carbocycles. The van der Waals surface area contributed by atoms with Crippen LogP contribution in [-0.2, 0) is 4.79 Å². The quantitative estimate of drug-likeness (QED) is 0.805. The summed E-state index contributed by atoms with van der Waals surface area (Å²) in [5.74, 6) is -1.09. The molecule has 0 unspecified atom stereocenters. The summed E-state index contributed by atoms with van der Waals surface area (Å²) >= 11 is 0. The van der Waals surface area contributed by atoms with Gasteiger partial charge in [0.2, 0.25) is 5.91 Å². The van der Waals surface area contributed by atoms with E-state index >= 15 is 0 Å². The molecule has 0 bridgehead atoms. The zero-order valence-electron chi connectivity index (χ0n) is 13.6. The van der Waals surface area contributed by atoms with Crippen LogP contribution in [0.15, 0.2) is 18.2 Å². The molecule has 0 aromatic heterocycles. The van der Waals surface area contributed by atoms with Crippen molar-refractivity contribution in [3.8, 4) is 0 Å². The van der Waals surface area contributed by atoms with Crippen LogP contribution in [-0.4, -0.2) is 41.2 Å². The third kappa shape index (κ3) is 3.60. The monoisotopic (exact) mass is 351 g/mol. The van der Waals surface area contributed by atoms with Crippen molar-refractivity contribution in [2.45, 2.75) is 44.7 Å². The minimum atomic E-state index is -0.397. The highest BCUT2D eigenvalue weighted by molar-refractivity contribution is 6.22. The van der Waals surface area contributed by atoms with E-state index in [4.69, 9.17) is 5.73 Å². The molecule has 7 heteroatoms. The minimum Gasteiger partial charge on any atom is -0.352 e. The van der Waals surface area contributed by atoms with Crippen molar-refractivity contribution in [3.05, 3.63) is 34.9 Å². The molecule has 6 nitrogen and oxygen atoms in total. The highest BCUT2D eigenvalue weighted by Gasteiger charge is 2.36. The summed E-state index contributed by atoms with van der Waals surface area (Å²) in [7, 11) is 0. The Kier molecular flexibility index (Phi) is 5.62. The predicted molar refractivity (Wildman–Crippen MR) is 92.2 cm³/mol. The lowest BCUT2D eigenvalue weighted by atomic mass is 9.92. The Morgan fingerprint density at radius 3 is 2.46 bits per heavy atom. The van der Waals surface area contributed by atoms with Crippen LogP contribution in [0.5, 0.6) is 0 Å². The van der Waals surface area contributed by atoms with Crippen LogP contribution in [0.3, 0.4) is 0 Å². The van der Waals surface area contributed by atoms with E-state index in [1.165, 1.54) is 0 Å². The van der Waals surface area contributed by atoms with E-state index in [1.54, 1.807) is 18.2 Å². The third-order valence-corrected chi connectivity index (χ3v) is 4.56. The Morgan fingerprint density at radius 1 is 1.17 bits per heavy atom. The first-order valence-electron chi connectivity index (χ1n) is 7.97. The summed E-state index contributed by atoms with van der Waals surface area (Å²) in [5, 5.41) is 2.90. The molecule has 0 atom stereocenters. The number of halogens is 1. The van der Waals surface area contributed by atoms with Crippen LogP contribution in [0.1, 0.15) is 52.0 Å². The number of benzene rings is 1. The smallest absolute Gasteiger partial charge is 0.262 e. The molecule has 2 aliphatic rings. The number of imide groups is 1. The molecule has 1 aliphatic carbocycles. The van der Waals surface area contributed by atoms with Crippen LogP contribution in [0.25, 0.3) is 0 Å². The fourth-order valence-electron chi connectivity index (χ4n) is 3.23. The topological polar surface area (TPSA) is 92.5 Å². The summed E-state index contributed by atoms with van der Waals surface area (Å²) < 4.78 is 0. The lowest BCUT2D eigenvalue weighted by Gasteiger charge is -2.27. The first-order chi connectivity index (χ1) is 11.0. The van der Waals surface area contributed by atoms with E-state index in [1.807, 2.05) is 6.92 Å². The van der Waals surface area contributed by atoms with Gasteiger partial charge in [-0.05, 0) is 44.7 Å². The highest BCUT2D eigenvalue weighted by atomic mass is 35.5. The van der Waals surface area contributed by atoms with E-state index in [-0.39, 0.29) is 36.9 Å². The lowest BCUT2D eigenvalue weighted by molar-refractivity contribution is -0.122. The van der Waals surface area contributed by atoms with Gasteiger partial charge in [-0.15, -0.1) is 12.4 Å². The Bertz CT molecular complexity index is 669. The van der Waals surface area contributed by atoms with Gasteiger partial charge in [-0.25, -0.2) is 0 Å². The number of carbonyl (C=O) groups is 3. The predicted octanol–water partition coefficient (Wildman–Crippen LogP) is 1.40. The van der Waals surface area contributed by atoms with E-state index in [0.717, 1.165) is 36.1 Å². The molecule has 1 aromatic rings. The summed E-state index contributed by atoms with van der Waals surface area (Å²) in [5.41, 5.74) is 7.51. The van der Waals surface area contributed by atoms with E-state index in [0.29, 0.717) is 11.1 Å². The van der Waals surface area contributed by atoms with Crippen molar-refractivity contribution < 1.29 is 14.4 Å². The number of rotatable bonds is 3. The van der Waals surface area contributed by atoms with Crippen molar-refractivity contribution >= 4 is 30.1 Å². The van der Waals surface area contributed by atoms with Crippen molar-refractivity contribution in [3.63, 3.8) is 0 Å². The summed E-state index contributed by atoms with van der Waals surface area (Å²) in [4.78, 5) is 37.8. The fourth-order valence-corrected chi connectivity index (χ4v) is 3.23. The Morgan fingerprint density at radius 2 is 1.79 bits per heavy atom. The Labute approximate surface area is 147 Å². The molecule has 3 rings (SSSR count). The largest absolute Gasteiger partial charge is 0.352 e. The molecular formula is C17H22ClN3O3. The second-order valence-corrected chi connectivity index (χ2v) is 6.42. The average Bonchev–Trinajstić information content (AvgIpc) is 2.74. The van der Waals surface area contributed by atoms with Gasteiger partial charge >= 0.3 is 0 Å². The standard InChI is InChI=1S/C17H21N3O3.ClH/c1-10-2-7-13-14(8-10)17(23)20(16(13)22)9-15(21)19-12-5-3-11(18)4-6-12;/h2,7-8,11-12H,3-6,9,18H2,1H3,(H,19,21);1H. The number of aryl methyl sites for hydroxylation is 1. The van der Waals surface area contributed by atoms with Gasteiger partial charge in [0.25, 0.3) is 11.8 Å². The number of carbonyl (C=O) groups excluding carboxylic acids is 3. The van der Waals surface area contributed by atoms with Gasteiger partial charge in [0.1, 0.15) is 6.54 Å². The molecule has 1 aromatic carbocycles. The molecule has 24 heavy (non-hydrogen) atoms. The maximum absolute atomic E-state index is 12.3. The summed E-state index contributed by atoms with van der Waals surface area (Å²) in [6.45, 7) is 1.63. The van der Waals surface area contributed by atoms with Gasteiger partial charge in [0.05, 0.1) is 11.1 Å². The molecule has 1 aliphatic heterocycles. The lowest BCUT2D eigenvalue weighted by Crippen LogP contribution is -2.46. The van der Waals surface area contributed by atoms with E-state index in [9.17, 15) is 14.4 Å². The van der Waals surface area contributed by atoms with Crippen LogP contribution in [0, 0.1) is 6.92 Å². The van der Waals surface area contributed by atoms with Crippen LogP contribution in [0.2, 0.25) is 0 Å². The SMILES string of the molecule is Cc1ccc2c(c1)C(=O)N(CC(=O)NC1CCC(N)CC1)C2=O.Cl. The molecule has 130 valence electrons. The van der Waals surface area contributed by atoms with Gasteiger partial charge in [0.15, 0.2) is 0 Å². The normalized spacial score (nSPS) is 22.8. The van der Waals surface area contributed by atoms with E-state index < -0.39 is 11.8 Å². The number of nitrogens with one attached hydrogen (secondary N) is 1. The highest BCUT2D eigenvalue weighted by Crippen LogP contribution is 2.23. The minimum absolute atomic E-state index is 0. The van der Waals surface area contributed by atoms with Gasteiger partial charge in [-0.1, -0.05) is 11.6 Å². The number of amides is 3.